The molecule has 3 heterocycles. The van der Waals surface area contributed by atoms with Gasteiger partial charge in [0, 0.05) is 9.85 Å². The maximum Gasteiger partial charge on any atom is 0.297 e. The molecule has 1 aliphatic rings. The zero-order chi connectivity index (χ0) is 22.6. The molecule has 4 aromatic rings. The molecule has 162 valence electrons. The van der Waals surface area contributed by atoms with Gasteiger partial charge in [0.2, 0.25) is 5.76 Å². The number of hydrogen-bond donors (Lipinski definition) is 0. The summed E-state index contributed by atoms with van der Waals surface area (Å²) >= 11 is 4.78. The van der Waals surface area contributed by atoms with E-state index in [1.165, 1.54) is 11.3 Å². The Kier molecular flexibility index (Phi) is 5.14. The molecule has 2 aromatic heterocycles. The monoisotopic (exact) mass is 510 g/mol. The summed E-state index contributed by atoms with van der Waals surface area (Å²) in [6.45, 7) is 5.79. The Morgan fingerprint density at radius 1 is 1.16 bits per heavy atom. The number of benzene rings is 2. The minimum atomic E-state index is -0.643. The van der Waals surface area contributed by atoms with Crippen LogP contribution < -0.4 is 15.1 Å². The van der Waals surface area contributed by atoms with Crippen LogP contribution >= 0.6 is 27.3 Å². The number of aromatic nitrogens is 1. The molecule has 0 aliphatic carbocycles. The summed E-state index contributed by atoms with van der Waals surface area (Å²) in [5.41, 5.74) is 2.07. The SMILES string of the molecule is Cc1csc(N2C(=O)c3oc4ccc(Br)cc4c(=O)c3[C@H]2c2ccc(OC(C)C)cc2)n1. The maximum absolute atomic E-state index is 13.6. The normalized spacial score (nSPS) is 15.6. The fraction of sp³-hybridized carbons (Fsp3) is 0.208. The molecule has 2 aromatic carbocycles. The lowest BCUT2D eigenvalue weighted by atomic mass is 9.98. The van der Waals surface area contributed by atoms with Gasteiger partial charge in [-0.3, -0.25) is 14.5 Å². The number of carbonyl (C=O) groups is 1. The van der Waals surface area contributed by atoms with Gasteiger partial charge in [-0.2, -0.15) is 0 Å². The lowest BCUT2D eigenvalue weighted by Gasteiger charge is -2.23. The molecular formula is C24H19BrN2O4S. The highest BCUT2D eigenvalue weighted by Gasteiger charge is 2.44. The summed E-state index contributed by atoms with van der Waals surface area (Å²) in [5, 5.41) is 2.83. The summed E-state index contributed by atoms with van der Waals surface area (Å²) in [7, 11) is 0. The highest BCUT2D eigenvalue weighted by Crippen LogP contribution is 2.42. The van der Waals surface area contributed by atoms with E-state index in [-0.39, 0.29) is 23.2 Å². The molecule has 0 fully saturated rings. The summed E-state index contributed by atoms with van der Waals surface area (Å²) < 4.78 is 12.5. The number of fused-ring (bicyclic) bond motifs is 2. The number of anilines is 1. The molecular weight excluding hydrogens is 492 g/mol. The van der Waals surface area contributed by atoms with E-state index < -0.39 is 6.04 Å². The lowest BCUT2D eigenvalue weighted by Crippen LogP contribution is -2.29. The third-order valence-corrected chi connectivity index (χ3v) is 6.66. The third kappa shape index (κ3) is 3.43. The fourth-order valence-corrected chi connectivity index (χ4v) is 5.10. The molecule has 0 saturated carbocycles. The predicted molar refractivity (Wildman–Crippen MR) is 128 cm³/mol. The molecule has 5 rings (SSSR count). The smallest absolute Gasteiger partial charge is 0.297 e. The van der Waals surface area contributed by atoms with Crippen LogP contribution in [0.3, 0.4) is 0 Å². The highest BCUT2D eigenvalue weighted by atomic mass is 79.9. The number of aryl methyl sites for hydroxylation is 1. The van der Waals surface area contributed by atoms with Crippen LogP contribution in [0.2, 0.25) is 0 Å². The number of nitrogens with zero attached hydrogens (tertiary/aromatic N) is 2. The molecule has 0 saturated heterocycles. The van der Waals surface area contributed by atoms with Gasteiger partial charge in [0.1, 0.15) is 11.3 Å². The van der Waals surface area contributed by atoms with Crippen LogP contribution in [0.5, 0.6) is 5.75 Å². The molecule has 1 atom stereocenters. The lowest BCUT2D eigenvalue weighted by molar-refractivity contribution is 0.0971. The number of amides is 1. The third-order valence-electron chi connectivity index (χ3n) is 5.21. The van der Waals surface area contributed by atoms with Crippen molar-refractivity contribution < 1.29 is 13.9 Å². The first kappa shape index (κ1) is 20.9. The van der Waals surface area contributed by atoms with Crippen molar-refractivity contribution in [3.05, 3.63) is 85.1 Å². The van der Waals surface area contributed by atoms with Crippen molar-refractivity contribution in [2.75, 3.05) is 4.90 Å². The van der Waals surface area contributed by atoms with Crippen LogP contribution in [-0.2, 0) is 0 Å². The van der Waals surface area contributed by atoms with Crippen LogP contribution in [0.1, 0.15) is 47.3 Å². The van der Waals surface area contributed by atoms with Crippen molar-refractivity contribution in [1.82, 2.24) is 4.98 Å². The standard InChI is InChI=1S/C24H19BrN2O4S/c1-12(2)30-16-7-4-14(5-8-16)20-19-21(28)17-10-15(25)6-9-18(17)31-22(19)23(29)27(20)24-26-13(3)11-32-24/h4-12,20H,1-3H3/t20-/m1/s1. The van der Waals surface area contributed by atoms with Gasteiger partial charge in [-0.15, -0.1) is 11.3 Å². The van der Waals surface area contributed by atoms with Gasteiger partial charge in [0.25, 0.3) is 5.91 Å². The van der Waals surface area contributed by atoms with Crippen molar-refractivity contribution in [1.29, 1.82) is 0 Å². The zero-order valence-electron chi connectivity index (χ0n) is 17.6. The second kappa shape index (κ2) is 7.86. The largest absolute Gasteiger partial charge is 0.491 e. The second-order valence-corrected chi connectivity index (χ2v) is 9.65. The van der Waals surface area contributed by atoms with E-state index in [4.69, 9.17) is 9.15 Å². The topological polar surface area (TPSA) is 72.6 Å². The van der Waals surface area contributed by atoms with Crippen LogP contribution in [0.15, 0.2) is 61.5 Å². The molecule has 8 heteroatoms. The molecule has 0 N–H and O–H groups in total. The highest BCUT2D eigenvalue weighted by molar-refractivity contribution is 9.10. The Balaban J connectivity index is 1.73. The Morgan fingerprint density at radius 2 is 1.91 bits per heavy atom. The van der Waals surface area contributed by atoms with E-state index in [9.17, 15) is 9.59 Å². The fourth-order valence-electron chi connectivity index (χ4n) is 3.91. The second-order valence-electron chi connectivity index (χ2n) is 7.90. The van der Waals surface area contributed by atoms with Gasteiger partial charge < -0.3 is 9.15 Å². The first-order chi connectivity index (χ1) is 15.3. The van der Waals surface area contributed by atoms with Gasteiger partial charge in [-0.05, 0) is 56.7 Å². The van der Waals surface area contributed by atoms with Gasteiger partial charge in [0.05, 0.1) is 28.8 Å². The van der Waals surface area contributed by atoms with Gasteiger partial charge in [-0.25, -0.2) is 4.98 Å². The Labute approximate surface area is 196 Å². The van der Waals surface area contributed by atoms with E-state index >= 15 is 0 Å². The van der Waals surface area contributed by atoms with Crippen LogP contribution in [0.4, 0.5) is 5.13 Å². The first-order valence-electron chi connectivity index (χ1n) is 10.1. The van der Waals surface area contributed by atoms with E-state index in [2.05, 4.69) is 20.9 Å². The van der Waals surface area contributed by atoms with Crippen molar-refractivity contribution in [2.45, 2.75) is 32.9 Å². The Hall–Kier alpha value is -2.97. The summed E-state index contributed by atoms with van der Waals surface area (Å²) in [4.78, 5) is 33.2. The van der Waals surface area contributed by atoms with E-state index in [1.807, 2.05) is 50.4 Å². The Bertz CT molecular complexity index is 1410. The predicted octanol–water partition coefficient (Wildman–Crippen LogP) is 5.86. The van der Waals surface area contributed by atoms with Crippen LogP contribution in [-0.4, -0.2) is 17.0 Å². The van der Waals surface area contributed by atoms with Crippen LogP contribution in [0.25, 0.3) is 11.0 Å². The molecule has 0 bridgehead atoms. The van der Waals surface area contributed by atoms with Crippen molar-refractivity contribution in [3.8, 4) is 5.75 Å². The van der Waals surface area contributed by atoms with Crippen molar-refractivity contribution >= 4 is 49.3 Å². The minimum Gasteiger partial charge on any atom is -0.491 e. The number of thiazole rings is 1. The Morgan fingerprint density at radius 3 is 2.56 bits per heavy atom. The number of rotatable bonds is 4. The quantitative estimate of drug-likeness (QED) is 0.343. The number of hydrogen-bond acceptors (Lipinski definition) is 6. The van der Waals surface area contributed by atoms with Gasteiger partial charge in [0.15, 0.2) is 10.6 Å². The molecule has 32 heavy (non-hydrogen) atoms. The molecule has 1 amide bonds. The molecule has 0 radical (unpaired) electrons. The molecule has 1 aliphatic heterocycles. The van der Waals surface area contributed by atoms with E-state index in [0.29, 0.717) is 21.7 Å². The van der Waals surface area contributed by atoms with Gasteiger partial charge >= 0.3 is 0 Å². The van der Waals surface area contributed by atoms with Crippen molar-refractivity contribution in [3.63, 3.8) is 0 Å². The average molecular weight is 511 g/mol. The number of ether oxygens (including phenoxy) is 1. The van der Waals surface area contributed by atoms with Gasteiger partial charge in [-0.1, -0.05) is 28.1 Å². The first-order valence-corrected chi connectivity index (χ1v) is 11.8. The summed E-state index contributed by atoms with van der Waals surface area (Å²) in [6.07, 6.45) is 0.0429. The summed E-state index contributed by atoms with van der Waals surface area (Å²) in [5.74, 6) is 0.411. The number of halogens is 1. The van der Waals surface area contributed by atoms with Crippen molar-refractivity contribution in [2.24, 2.45) is 0 Å². The maximum atomic E-state index is 13.6. The van der Waals surface area contributed by atoms with E-state index in [0.717, 1.165) is 21.5 Å². The zero-order valence-corrected chi connectivity index (χ0v) is 20.0. The minimum absolute atomic E-state index is 0.0429. The molecule has 0 spiro atoms. The number of carbonyl (C=O) groups excluding carboxylic acids is 1. The summed E-state index contributed by atoms with van der Waals surface area (Å²) in [6, 6.07) is 12.0. The molecule has 0 unspecified atom stereocenters. The van der Waals surface area contributed by atoms with Crippen LogP contribution in [0, 0.1) is 6.92 Å². The van der Waals surface area contributed by atoms with E-state index in [1.54, 1.807) is 23.1 Å². The average Bonchev–Trinajstić information content (AvgIpc) is 3.30. The molecule has 6 nitrogen and oxygen atoms in total.